The highest BCUT2D eigenvalue weighted by Crippen LogP contribution is 2.49. The first kappa shape index (κ1) is 47.2. The third kappa shape index (κ3) is 15.2. The number of rotatable bonds is 18. The van der Waals surface area contributed by atoms with Crippen molar-refractivity contribution in [3.8, 4) is 0 Å². The summed E-state index contributed by atoms with van der Waals surface area (Å²) in [7, 11) is -3.07. The van der Waals surface area contributed by atoms with Crippen molar-refractivity contribution in [3.05, 3.63) is 6.07 Å². The molecule has 59 heavy (non-hydrogen) atoms. The molecule has 3 aliphatic carbocycles. The van der Waals surface area contributed by atoms with Crippen molar-refractivity contribution in [2.24, 2.45) is 17.3 Å². The predicted octanol–water partition coefficient (Wildman–Crippen LogP) is 8.25. The van der Waals surface area contributed by atoms with Gasteiger partial charge in [0.25, 0.3) is 0 Å². The highest BCUT2D eigenvalue weighted by Gasteiger charge is 2.49. The lowest BCUT2D eigenvalue weighted by Crippen LogP contribution is -2.50. The fraction of sp³-hybridized carbons (Fsp3) is 0.860. The second-order valence-electron chi connectivity index (χ2n) is 19.5. The number of carbonyl (C=O) groups is 2. The Bertz CT molecular complexity index is 1530. The first-order valence-corrected chi connectivity index (χ1v) is 24.3. The molecule has 0 bridgehead atoms. The number of aromatic nitrogens is 2. The molecule has 0 atom stereocenters. The van der Waals surface area contributed by atoms with E-state index in [0.29, 0.717) is 69.2 Å². The fourth-order valence-electron chi connectivity index (χ4n) is 8.78. The van der Waals surface area contributed by atoms with Crippen molar-refractivity contribution in [1.29, 1.82) is 0 Å². The minimum absolute atomic E-state index is 0.143. The number of nitrogens with one attached hydrogen (secondary N) is 1. The van der Waals surface area contributed by atoms with Gasteiger partial charge in [0.05, 0.1) is 19.4 Å². The summed E-state index contributed by atoms with van der Waals surface area (Å²) in [5.41, 5.74) is 4.97. The zero-order chi connectivity index (χ0) is 42.8. The van der Waals surface area contributed by atoms with Crippen LogP contribution in [0.4, 0.5) is 27.2 Å². The van der Waals surface area contributed by atoms with Crippen LogP contribution in [0, 0.1) is 17.3 Å². The number of nitrogens with two attached hydrogens (primary N) is 1. The minimum Gasteiger partial charge on any atom is -0.444 e. The van der Waals surface area contributed by atoms with Crippen LogP contribution in [0.3, 0.4) is 0 Å². The van der Waals surface area contributed by atoms with Gasteiger partial charge >= 0.3 is 19.8 Å². The van der Waals surface area contributed by atoms with Crippen molar-refractivity contribution in [2.75, 3.05) is 94.2 Å². The maximum Gasteiger partial charge on any atom is 0.410 e. The second kappa shape index (κ2) is 20.8. The van der Waals surface area contributed by atoms with Crippen molar-refractivity contribution >= 4 is 37.4 Å². The molecule has 2 heterocycles. The summed E-state index contributed by atoms with van der Waals surface area (Å²) in [6.07, 6.45) is 11.4. The lowest BCUT2D eigenvalue weighted by molar-refractivity contribution is 0.0000000180. The average Bonchev–Trinajstić information content (AvgIpc) is 3.94. The minimum atomic E-state index is -3.07. The standard InChI is InChI=1S/C43H77N8O7P/c1-9-55-59(54,56-10-2)27-26-48-22-24-49(25-23-48)37-28-36(44)46-38(47-37)45-29-33-16-18-34(19-17-33)30-50(39(52)57-41(3,4)5)31-43(20-21-43)32-51(35-14-12-11-13-15-35)40(53)58-42(6,7)8/h28,33-35H,9-27,29-32H2,1-8H3,(H3,44,45,46,47). The highest BCUT2D eigenvalue weighted by atomic mass is 31.2. The average molecular weight is 849 g/mol. The van der Waals surface area contributed by atoms with E-state index in [-0.39, 0.29) is 23.6 Å². The van der Waals surface area contributed by atoms with Crippen LogP contribution in [0.15, 0.2) is 6.07 Å². The Morgan fingerprint density at radius 2 is 1.44 bits per heavy atom. The van der Waals surface area contributed by atoms with Crippen LogP contribution in [0.1, 0.15) is 126 Å². The number of nitrogen functional groups attached to an aromatic ring is 1. The van der Waals surface area contributed by atoms with Gasteiger partial charge in [0, 0.05) is 76.4 Å². The topological polar surface area (TPSA) is 165 Å². The van der Waals surface area contributed by atoms with Crippen LogP contribution in [0.25, 0.3) is 0 Å². The molecule has 0 spiro atoms. The maximum absolute atomic E-state index is 13.8. The van der Waals surface area contributed by atoms with Crippen LogP contribution in [-0.2, 0) is 23.1 Å². The fourth-order valence-corrected chi connectivity index (χ4v) is 10.4. The lowest BCUT2D eigenvalue weighted by atomic mass is 9.81. The van der Waals surface area contributed by atoms with Gasteiger partial charge in [0.1, 0.15) is 22.8 Å². The monoisotopic (exact) mass is 849 g/mol. The third-order valence-corrected chi connectivity index (χ3v) is 14.1. The van der Waals surface area contributed by atoms with Gasteiger partial charge in [-0.05, 0) is 119 Å². The Kier molecular flexibility index (Phi) is 16.6. The molecule has 336 valence electrons. The number of hydrogen-bond acceptors (Lipinski definition) is 13. The zero-order valence-electron chi connectivity index (χ0n) is 37.6. The van der Waals surface area contributed by atoms with Crippen LogP contribution in [-0.4, -0.2) is 132 Å². The molecule has 0 unspecified atom stereocenters. The normalized spacial score (nSPS) is 21.8. The molecule has 5 rings (SSSR count). The first-order chi connectivity index (χ1) is 27.9. The third-order valence-electron chi connectivity index (χ3n) is 12.0. The van der Waals surface area contributed by atoms with E-state index in [9.17, 15) is 14.2 Å². The summed E-state index contributed by atoms with van der Waals surface area (Å²) in [5.74, 6) is 2.60. The lowest BCUT2D eigenvalue weighted by Gasteiger charge is -2.40. The van der Waals surface area contributed by atoms with Gasteiger partial charge < -0.3 is 44.3 Å². The van der Waals surface area contributed by atoms with Gasteiger partial charge in [-0.25, -0.2) is 9.59 Å². The molecule has 3 saturated carbocycles. The van der Waals surface area contributed by atoms with Crippen LogP contribution >= 0.6 is 7.60 Å². The Morgan fingerprint density at radius 3 is 2.02 bits per heavy atom. The van der Waals surface area contributed by atoms with Gasteiger partial charge in [-0.15, -0.1) is 0 Å². The summed E-state index contributed by atoms with van der Waals surface area (Å²) in [5, 5.41) is 3.49. The number of amides is 2. The van der Waals surface area contributed by atoms with E-state index in [1.165, 1.54) is 6.42 Å². The Labute approximate surface area is 354 Å². The van der Waals surface area contributed by atoms with Gasteiger partial charge in [-0.3, -0.25) is 9.46 Å². The van der Waals surface area contributed by atoms with E-state index in [1.807, 2.05) is 71.3 Å². The number of hydrogen-bond donors (Lipinski definition) is 2. The molecule has 0 aromatic carbocycles. The predicted molar refractivity (Wildman–Crippen MR) is 234 cm³/mol. The van der Waals surface area contributed by atoms with E-state index in [4.69, 9.17) is 29.2 Å². The molecule has 1 saturated heterocycles. The second-order valence-corrected chi connectivity index (χ2v) is 21.7. The maximum atomic E-state index is 13.8. The van der Waals surface area contributed by atoms with E-state index in [0.717, 1.165) is 103 Å². The van der Waals surface area contributed by atoms with Gasteiger partial charge in [-0.2, -0.15) is 9.97 Å². The van der Waals surface area contributed by atoms with Crippen molar-refractivity contribution in [3.63, 3.8) is 0 Å². The number of nitrogens with zero attached hydrogens (tertiary/aromatic N) is 6. The number of ether oxygens (including phenoxy) is 2. The summed E-state index contributed by atoms with van der Waals surface area (Å²) in [6.45, 7) is 22.4. The van der Waals surface area contributed by atoms with Crippen molar-refractivity contribution in [1.82, 2.24) is 24.7 Å². The summed E-state index contributed by atoms with van der Waals surface area (Å²) >= 11 is 0. The number of anilines is 3. The molecule has 2 amide bonds. The molecular weight excluding hydrogens is 771 g/mol. The van der Waals surface area contributed by atoms with E-state index < -0.39 is 18.8 Å². The van der Waals surface area contributed by atoms with Crippen molar-refractivity contribution in [2.45, 2.75) is 143 Å². The molecule has 1 aromatic rings. The molecule has 15 nitrogen and oxygen atoms in total. The zero-order valence-corrected chi connectivity index (χ0v) is 38.5. The smallest absolute Gasteiger partial charge is 0.410 e. The Balaban J connectivity index is 1.13. The largest absolute Gasteiger partial charge is 0.444 e. The van der Waals surface area contributed by atoms with E-state index in [2.05, 4.69) is 20.1 Å². The molecular formula is C43H77N8O7P. The molecule has 16 heteroatoms. The summed E-state index contributed by atoms with van der Waals surface area (Å²) in [6, 6.07) is 2.01. The van der Waals surface area contributed by atoms with Crippen LogP contribution in [0.5, 0.6) is 0 Å². The Hall–Kier alpha value is -2.87. The number of carbonyl (C=O) groups excluding carboxylic acids is 2. The Morgan fingerprint density at radius 1 is 0.847 bits per heavy atom. The van der Waals surface area contributed by atoms with E-state index >= 15 is 0 Å². The van der Waals surface area contributed by atoms with E-state index in [1.54, 1.807) is 0 Å². The highest BCUT2D eigenvalue weighted by molar-refractivity contribution is 7.53. The summed E-state index contributed by atoms with van der Waals surface area (Å²) in [4.78, 5) is 45.3. The molecule has 4 aliphatic rings. The molecule has 0 radical (unpaired) electrons. The SMILES string of the molecule is CCOP(=O)(CCN1CCN(c2cc(N)nc(NCC3CCC(CN(CC4(CN(C(=O)OC(C)(C)C)C5CCCCC5)CC4)C(=O)OC(C)(C)C)CC3)n2)CC1)OCC. The van der Waals surface area contributed by atoms with Crippen LogP contribution in [0.2, 0.25) is 0 Å². The van der Waals surface area contributed by atoms with Crippen molar-refractivity contribution < 1.29 is 32.7 Å². The first-order valence-electron chi connectivity index (χ1n) is 22.6. The van der Waals surface area contributed by atoms with Crippen LogP contribution < -0.4 is 16.0 Å². The quantitative estimate of drug-likeness (QED) is 0.136. The molecule has 3 N–H and O–H groups in total. The number of piperazine rings is 1. The summed E-state index contributed by atoms with van der Waals surface area (Å²) < 4.78 is 35.8. The molecule has 1 aliphatic heterocycles. The van der Waals surface area contributed by atoms with Gasteiger partial charge in [0.2, 0.25) is 5.95 Å². The van der Waals surface area contributed by atoms with Gasteiger partial charge in [0.15, 0.2) is 0 Å². The molecule has 4 fully saturated rings. The molecule has 1 aromatic heterocycles. The van der Waals surface area contributed by atoms with Gasteiger partial charge in [-0.1, -0.05) is 19.3 Å².